The molecular weight excluding hydrogens is 170 g/mol. The number of anilines is 1. The number of rotatable bonds is 3. The minimum atomic E-state index is -0.299. The maximum Gasteiger partial charge on any atom is 0.322 e. The van der Waals surface area contributed by atoms with Gasteiger partial charge in [0.15, 0.2) is 0 Å². The van der Waals surface area contributed by atoms with E-state index in [1.165, 1.54) is 0 Å². The van der Waals surface area contributed by atoms with Crippen molar-refractivity contribution < 1.29 is 12.1 Å². The Bertz CT molecular complexity index is 291. The number of amides is 2. The van der Waals surface area contributed by atoms with Gasteiger partial charge < -0.3 is 9.73 Å². The smallest absolute Gasteiger partial charge is 0.322 e. The summed E-state index contributed by atoms with van der Waals surface area (Å²) in [6, 6.07) is -0.0604. The molecule has 0 aromatic carbocycles. The van der Waals surface area contributed by atoms with Crippen LogP contribution in [0.3, 0.4) is 0 Å². The first-order valence-corrected chi connectivity index (χ1v) is 4.25. The molecule has 0 saturated heterocycles. The minimum absolute atomic E-state index is 0. The molecule has 1 heterocycles. The number of aromatic nitrogens is 1. The number of aryl methyl sites for hydroxylation is 1. The molecule has 5 heteroatoms. The molecule has 76 valence electrons. The van der Waals surface area contributed by atoms with Crippen LogP contribution >= 0.6 is 0 Å². The van der Waals surface area contributed by atoms with E-state index in [1.807, 2.05) is 13.8 Å². The molecule has 0 spiro atoms. The molecule has 5 nitrogen and oxygen atoms in total. The summed E-state index contributed by atoms with van der Waals surface area (Å²) in [4.78, 5) is 14.9. The summed E-state index contributed by atoms with van der Waals surface area (Å²) in [6.45, 7) is 4.37. The first-order valence-electron chi connectivity index (χ1n) is 4.25. The third-order valence-electron chi connectivity index (χ3n) is 1.46. The van der Waals surface area contributed by atoms with E-state index >= 15 is 0 Å². The Morgan fingerprint density at radius 1 is 1.69 bits per heavy atom. The van der Waals surface area contributed by atoms with Crippen molar-refractivity contribution in [2.75, 3.05) is 11.9 Å². The normalized spacial score (nSPS) is 9.69. The van der Waals surface area contributed by atoms with Crippen LogP contribution in [0.4, 0.5) is 10.8 Å². The van der Waals surface area contributed by atoms with Crippen LogP contribution in [-0.4, -0.2) is 17.6 Å². The third-order valence-corrected chi connectivity index (χ3v) is 1.46. The molecule has 0 fully saturated rings. The van der Waals surface area contributed by atoms with E-state index in [-0.39, 0.29) is 14.9 Å². The zero-order valence-corrected chi connectivity index (χ0v) is 7.76. The highest BCUT2D eigenvalue weighted by molar-refractivity contribution is 5.86. The van der Waals surface area contributed by atoms with Crippen LogP contribution in [0.15, 0.2) is 10.6 Å². The average Bonchev–Trinajstić information content (AvgIpc) is 2.52. The Balaban J connectivity index is 0. The molecule has 1 rings (SSSR count). The van der Waals surface area contributed by atoms with E-state index in [0.717, 1.165) is 12.2 Å². The maximum atomic E-state index is 11.0. The Morgan fingerprint density at radius 3 is 3.00 bits per heavy atom. The maximum absolute atomic E-state index is 11.0. The van der Waals surface area contributed by atoms with E-state index in [2.05, 4.69) is 15.6 Å². The van der Waals surface area contributed by atoms with Gasteiger partial charge in [-0.15, -0.1) is 0 Å². The van der Waals surface area contributed by atoms with Crippen molar-refractivity contribution >= 4 is 12.0 Å². The van der Waals surface area contributed by atoms with Crippen LogP contribution in [0.25, 0.3) is 0 Å². The summed E-state index contributed by atoms with van der Waals surface area (Å²) >= 11 is 0. The van der Waals surface area contributed by atoms with Crippen molar-refractivity contribution in [3.05, 3.63) is 12.0 Å². The summed E-state index contributed by atoms with van der Waals surface area (Å²) in [6.07, 6.45) is 2.37. The van der Waals surface area contributed by atoms with Gasteiger partial charge in [0.1, 0.15) is 5.76 Å². The SMILES string of the molecule is CCNC(=O)Nc1ncc(CC)o1.[HH].[HH]. The highest BCUT2D eigenvalue weighted by Gasteiger charge is 2.05. The molecule has 0 unspecified atom stereocenters. The van der Waals surface area contributed by atoms with Crippen LogP contribution in [-0.2, 0) is 6.42 Å². The Kier molecular flexibility index (Phi) is 3.31. The van der Waals surface area contributed by atoms with Gasteiger partial charge in [-0.1, -0.05) is 6.92 Å². The van der Waals surface area contributed by atoms with Crippen LogP contribution in [0.1, 0.15) is 22.5 Å². The zero-order valence-electron chi connectivity index (χ0n) is 7.76. The third kappa shape index (κ3) is 2.77. The van der Waals surface area contributed by atoms with Crippen molar-refractivity contribution in [3.63, 3.8) is 0 Å². The summed E-state index contributed by atoms with van der Waals surface area (Å²) in [5.41, 5.74) is 0. The number of oxazole rings is 1. The van der Waals surface area contributed by atoms with Crippen molar-refractivity contribution in [1.29, 1.82) is 0 Å². The van der Waals surface area contributed by atoms with Crippen LogP contribution < -0.4 is 10.6 Å². The van der Waals surface area contributed by atoms with E-state index in [9.17, 15) is 4.79 Å². The monoisotopic (exact) mass is 187 g/mol. The van der Waals surface area contributed by atoms with E-state index < -0.39 is 0 Å². The van der Waals surface area contributed by atoms with Gasteiger partial charge in [0.05, 0.1) is 6.20 Å². The second kappa shape index (κ2) is 4.49. The van der Waals surface area contributed by atoms with Crippen molar-refractivity contribution in [1.82, 2.24) is 10.3 Å². The number of urea groups is 1. The van der Waals surface area contributed by atoms with E-state index in [0.29, 0.717) is 6.54 Å². The summed E-state index contributed by atoms with van der Waals surface area (Å²) < 4.78 is 5.17. The topological polar surface area (TPSA) is 67.2 Å². The second-order valence-corrected chi connectivity index (χ2v) is 2.47. The van der Waals surface area contributed by atoms with Crippen molar-refractivity contribution in [2.45, 2.75) is 20.3 Å². The molecule has 0 bridgehead atoms. The number of carbonyl (C=O) groups is 1. The van der Waals surface area contributed by atoms with Gasteiger partial charge in [0.25, 0.3) is 0 Å². The fourth-order valence-electron chi connectivity index (χ4n) is 0.831. The molecule has 0 radical (unpaired) electrons. The van der Waals surface area contributed by atoms with E-state index in [1.54, 1.807) is 6.20 Å². The van der Waals surface area contributed by atoms with Crippen LogP contribution in [0, 0.1) is 0 Å². The molecule has 2 N–H and O–H groups in total. The lowest BCUT2D eigenvalue weighted by Gasteiger charge is -1.99. The second-order valence-electron chi connectivity index (χ2n) is 2.47. The number of hydrogen-bond donors (Lipinski definition) is 2. The largest absolute Gasteiger partial charge is 0.428 e. The van der Waals surface area contributed by atoms with Crippen molar-refractivity contribution in [3.8, 4) is 0 Å². The first-order chi connectivity index (χ1) is 6.26. The molecule has 1 aromatic rings. The average molecular weight is 187 g/mol. The fraction of sp³-hybridized carbons (Fsp3) is 0.500. The Hall–Kier alpha value is -1.52. The van der Waals surface area contributed by atoms with Gasteiger partial charge >= 0.3 is 12.0 Å². The van der Waals surface area contributed by atoms with Crippen molar-refractivity contribution in [2.24, 2.45) is 0 Å². The molecule has 2 amide bonds. The lowest BCUT2D eigenvalue weighted by Crippen LogP contribution is -2.28. The molecule has 0 atom stereocenters. The van der Waals surface area contributed by atoms with Gasteiger partial charge in [0.2, 0.25) is 0 Å². The number of hydrogen-bond acceptors (Lipinski definition) is 3. The van der Waals surface area contributed by atoms with Gasteiger partial charge in [-0.05, 0) is 6.92 Å². The van der Waals surface area contributed by atoms with Gasteiger partial charge in [-0.25, -0.2) is 9.78 Å². The van der Waals surface area contributed by atoms with E-state index in [4.69, 9.17) is 4.42 Å². The number of carbonyl (C=O) groups excluding carboxylic acids is 1. The highest BCUT2D eigenvalue weighted by Crippen LogP contribution is 2.08. The molecule has 0 aliphatic rings. The summed E-state index contributed by atoms with van der Waals surface area (Å²) in [7, 11) is 0. The molecule has 1 aromatic heterocycles. The van der Waals surface area contributed by atoms with Crippen LogP contribution in [0.2, 0.25) is 0 Å². The zero-order chi connectivity index (χ0) is 9.68. The standard InChI is InChI=1S/C8H13N3O2.2H2/c1-3-6-5-10-8(13-6)11-7(12)9-4-2;;/h5H,3-4H2,1-2H3,(H2,9,10,11,12);2*1H. The predicted molar refractivity (Wildman–Crippen MR) is 52.8 cm³/mol. The summed E-state index contributed by atoms with van der Waals surface area (Å²) in [5.74, 6) is 0.756. The van der Waals surface area contributed by atoms with Gasteiger partial charge in [-0.3, -0.25) is 5.32 Å². The Morgan fingerprint density at radius 2 is 2.46 bits per heavy atom. The highest BCUT2D eigenvalue weighted by atomic mass is 16.4. The lowest BCUT2D eigenvalue weighted by atomic mass is 10.4. The quantitative estimate of drug-likeness (QED) is 0.759. The predicted octanol–water partition coefficient (Wildman–Crippen LogP) is 1.87. The molecule has 0 aliphatic carbocycles. The lowest BCUT2D eigenvalue weighted by molar-refractivity contribution is 0.252. The first kappa shape index (κ1) is 9.57. The molecule has 0 aliphatic heterocycles. The fourth-order valence-corrected chi connectivity index (χ4v) is 0.831. The molecule has 0 saturated carbocycles. The van der Waals surface area contributed by atoms with Gasteiger partial charge in [-0.2, -0.15) is 0 Å². The minimum Gasteiger partial charge on any atom is -0.428 e. The Labute approximate surface area is 79.5 Å². The number of nitrogens with zero attached hydrogens (tertiary/aromatic N) is 1. The van der Waals surface area contributed by atoms with Gasteiger partial charge in [0, 0.05) is 15.8 Å². The van der Waals surface area contributed by atoms with Crippen LogP contribution in [0.5, 0.6) is 0 Å². The molecular formula is C8H17N3O2. The molecule has 13 heavy (non-hydrogen) atoms. The number of nitrogens with one attached hydrogen (secondary N) is 2. The summed E-state index contributed by atoms with van der Waals surface area (Å²) in [5, 5.41) is 5.04.